The van der Waals surface area contributed by atoms with E-state index in [0.717, 1.165) is 32.7 Å². The van der Waals surface area contributed by atoms with Gasteiger partial charge in [0.25, 0.3) is 5.69 Å². The van der Waals surface area contributed by atoms with Gasteiger partial charge in [-0.05, 0) is 17.7 Å². The highest BCUT2D eigenvalue weighted by atomic mass is 16.6. The van der Waals surface area contributed by atoms with E-state index in [9.17, 15) is 15.4 Å². The average Bonchev–Trinajstić information content (AvgIpc) is 3.19. The van der Waals surface area contributed by atoms with Gasteiger partial charge in [-0.15, -0.1) is 15.0 Å². The molecule has 0 atom stereocenters. The predicted molar refractivity (Wildman–Crippen MR) is 107 cm³/mol. The summed E-state index contributed by atoms with van der Waals surface area (Å²) in [6.07, 6.45) is 0. The van der Waals surface area contributed by atoms with Crippen LogP contribution in [0.3, 0.4) is 0 Å². The van der Waals surface area contributed by atoms with Gasteiger partial charge in [0.1, 0.15) is 6.07 Å². The van der Waals surface area contributed by atoms with E-state index in [4.69, 9.17) is 0 Å². The van der Waals surface area contributed by atoms with Crippen LogP contribution in [0.25, 0.3) is 5.69 Å². The van der Waals surface area contributed by atoms with Crippen LogP contribution >= 0.6 is 0 Å². The van der Waals surface area contributed by atoms with Crippen LogP contribution in [-0.4, -0.2) is 51.0 Å². The van der Waals surface area contributed by atoms with Gasteiger partial charge in [-0.2, -0.15) is 5.26 Å². The minimum Gasteiger partial charge on any atom is -0.350 e. The third kappa shape index (κ3) is 4.07. The fourth-order valence-corrected chi connectivity index (χ4v) is 3.37. The molecule has 1 aliphatic rings. The van der Waals surface area contributed by atoms with Gasteiger partial charge >= 0.3 is 0 Å². The summed E-state index contributed by atoms with van der Waals surface area (Å²) in [5.74, 6) is 0.546. The van der Waals surface area contributed by atoms with E-state index in [1.807, 2.05) is 18.2 Å². The van der Waals surface area contributed by atoms with E-state index < -0.39 is 4.92 Å². The van der Waals surface area contributed by atoms with Crippen LogP contribution in [0.5, 0.6) is 0 Å². The summed E-state index contributed by atoms with van der Waals surface area (Å²) in [6.45, 7) is 4.13. The van der Waals surface area contributed by atoms with Gasteiger partial charge in [-0.25, -0.2) is 0 Å². The van der Waals surface area contributed by atoms with Crippen LogP contribution < -0.4 is 4.90 Å². The molecule has 0 unspecified atom stereocenters. The molecule has 1 saturated heterocycles. The third-order valence-corrected chi connectivity index (χ3v) is 4.91. The second kappa shape index (κ2) is 8.08. The summed E-state index contributed by atoms with van der Waals surface area (Å²) in [4.78, 5) is 16.2. The Morgan fingerprint density at radius 3 is 2.31 bits per heavy atom. The third-order valence-electron chi connectivity index (χ3n) is 4.91. The van der Waals surface area contributed by atoms with Gasteiger partial charge in [0.15, 0.2) is 5.82 Å². The zero-order chi connectivity index (χ0) is 20.2. The maximum atomic E-state index is 10.8. The molecule has 3 aromatic rings. The van der Waals surface area contributed by atoms with Crippen molar-refractivity contribution in [3.05, 3.63) is 76.0 Å². The van der Waals surface area contributed by atoms with Gasteiger partial charge in [-0.1, -0.05) is 30.3 Å². The van der Waals surface area contributed by atoms with Crippen molar-refractivity contribution >= 4 is 11.5 Å². The Morgan fingerprint density at radius 1 is 1.00 bits per heavy atom. The quantitative estimate of drug-likeness (QED) is 0.487. The summed E-state index contributed by atoms with van der Waals surface area (Å²) in [7, 11) is 0. The topological polar surface area (TPSA) is 104 Å². The largest absolute Gasteiger partial charge is 0.350 e. The van der Waals surface area contributed by atoms with Crippen LogP contribution in [0, 0.1) is 21.4 Å². The standard InChI is InChI=1S/C20H19N7O2/c21-14-19-20(23-26(22-19)17-6-8-18(9-7-17)27(28)29)25-12-10-24(11-13-25)15-16-4-2-1-3-5-16/h1-9H,10-13,15H2. The summed E-state index contributed by atoms with van der Waals surface area (Å²) in [6, 6.07) is 18.4. The molecule has 2 aromatic carbocycles. The smallest absolute Gasteiger partial charge is 0.269 e. The van der Waals surface area contributed by atoms with Gasteiger partial charge in [0.2, 0.25) is 5.69 Å². The van der Waals surface area contributed by atoms with E-state index in [1.54, 1.807) is 12.1 Å². The minimum absolute atomic E-state index is 0.00354. The molecule has 1 fully saturated rings. The Morgan fingerprint density at radius 2 is 1.69 bits per heavy atom. The number of aromatic nitrogens is 3. The SMILES string of the molecule is N#Cc1nn(-c2ccc([N+](=O)[O-])cc2)nc1N1CCN(Cc2ccccc2)CC1. The van der Waals surface area contributed by atoms with Crippen LogP contribution in [0.2, 0.25) is 0 Å². The normalized spacial score (nSPS) is 14.5. The highest BCUT2D eigenvalue weighted by molar-refractivity contribution is 5.51. The molecule has 0 bridgehead atoms. The fourth-order valence-electron chi connectivity index (χ4n) is 3.37. The summed E-state index contributed by atoms with van der Waals surface area (Å²) in [5, 5.41) is 29.0. The van der Waals surface area contributed by atoms with Crippen molar-refractivity contribution in [2.24, 2.45) is 0 Å². The molecule has 0 N–H and O–H groups in total. The molecule has 0 radical (unpaired) electrons. The van der Waals surface area contributed by atoms with Gasteiger partial charge in [0, 0.05) is 44.9 Å². The lowest BCUT2D eigenvalue weighted by Gasteiger charge is -2.34. The Balaban J connectivity index is 1.46. The number of benzene rings is 2. The predicted octanol–water partition coefficient (Wildman–Crippen LogP) is 2.37. The van der Waals surface area contributed by atoms with E-state index in [-0.39, 0.29) is 11.4 Å². The summed E-state index contributed by atoms with van der Waals surface area (Å²) >= 11 is 0. The number of nitrogens with zero attached hydrogens (tertiary/aromatic N) is 7. The number of non-ortho nitro benzene ring substituents is 1. The number of rotatable bonds is 5. The van der Waals surface area contributed by atoms with E-state index >= 15 is 0 Å². The first-order chi connectivity index (χ1) is 14.1. The molecule has 1 aromatic heterocycles. The van der Waals surface area contributed by atoms with Gasteiger partial charge in [-0.3, -0.25) is 15.0 Å². The zero-order valence-electron chi connectivity index (χ0n) is 15.7. The van der Waals surface area contributed by atoms with Gasteiger partial charge in [0.05, 0.1) is 10.6 Å². The molecule has 2 heterocycles. The summed E-state index contributed by atoms with van der Waals surface area (Å²) in [5.41, 5.74) is 2.10. The number of nitriles is 1. The lowest BCUT2D eigenvalue weighted by atomic mass is 10.2. The highest BCUT2D eigenvalue weighted by Gasteiger charge is 2.23. The highest BCUT2D eigenvalue weighted by Crippen LogP contribution is 2.21. The summed E-state index contributed by atoms with van der Waals surface area (Å²) < 4.78 is 0. The zero-order valence-corrected chi connectivity index (χ0v) is 15.7. The van der Waals surface area contributed by atoms with Crippen LogP contribution in [0.4, 0.5) is 11.5 Å². The van der Waals surface area contributed by atoms with E-state index in [2.05, 4.69) is 38.2 Å². The Kier molecular flexibility index (Phi) is 5.18. The van der Waals surface area contributed by atoms with Crippen LogP contribution in [-0.2, 0) is 6.54 Å². The Bertz CT molecular complexity index is 1030. The van der Waals surface area contributed by atoms with Crippen molar-refractivity contribution in [3.63, 3.8) is 0 Å². The van der Waals surface area contributed by atoms with Crippen LogP contribution in [0.1, 0.15) is 11.3 Å². The minimum atomic E-state index is -0.457. The maximum absolute atomic E-state index is 10.8. The lowest BCUT2D eigenvalue weighted by molar-refractivity contribution is -0.384. The molecule has 4 rings (SSSR count). The molecular formula is C20H19N7O2. The monoisotopic (exact) mass is 389 g/mol. The molecule has 1 aliphatic heterocycles. The van der Waals surface area contributed by atoms with Crippen molar-refractivity contribution < 1.29 is 4.92 Å². The lowest BCUT2D eigenvalue weighted by Crippen LogP contribution is -2.46. The van der Waals surface area contributed by atoms with Crippen molar-refractivity contribution in [1.82, 2.24) is 19.9 Å². The number of anilines is 1. The number of hydrogen-bond donors (Lipinski definition) is 0. The Hall–Kier alpha value is -3.77. The van der Waals surface area contributed by atoms with Crippen molar-refractivity contribution in [2.75, 3.05) is 31.1 Å². The van der Waals surface area contributed by atoms with E-state index in [0.29, 0.717) is 11.5 Å². The second-order valence-corrected chi connectivity index (χ2v) is 6.80. The Labute approximate surface area is 167 Å². The molecular weight excluding hydrogens is 370 g/mol. The van der Waals surface area contributed by atoms with Crippen LogP contribution in [0.15, 0.2) is 54.6 Å². The van der Waals surface area contributed by atoms with Gasteiger partial charge < -0.3 is 4.90 Å². The molecule has 29 heavy (non-hydrogen) atoms. The van der Waals surface area contributed by atoms with Crippen molar-refractivity contribution in [1.29, 1.82) is 5.26 Å². The molecule has 9 heteroatoms. The number of hydrogen-bond acceptors (Lipinski definition) is 7. The van der Waals surface area contributed by atoms with Crippen molar-refractivity contribution in [3.8, 4) is 11.8 Å². The average molecular weight is 389 g/mol. The molecule has 0 aliphatic carbocycles. The molecule has 146 valence electrons. The maximum Gasteiger partial charge on any atom is 0.269 e. The molecule has 0 spiro atoms. The molecule has 9 nitrogen and oxygen atoms in total. The molecule has 0 saturated carbocycles. The van der Waals surface area contributed by atoms with Crippen molar-refractivity contribution in [2.45, 2.75) is 6.54 Å². The molecule has 0 amide bonds. The van der Waals surface area contributed by atoms with E-state index in [1.165, 1.54) is 22.5 Å². The number of nitro benzene ring substituents is 1. The number of nitro groups is 1. The first-order valence-electron chi connectivity index (χ1n) is 9.27. The second-order valence-electron chi connectivity index (χ2n) is 6.80. The number of piperazine rings is 1. The first kappa shape index (κ1) is 18.6. The first-order valence-corrected chi connectivity index (χ1v) is 9.27. The fraction of sp³-hybridized carbons (Fsp3) is 0.250.